The van der Waals surface area contributed by atoms with Crippen LogP contribution in [0, 0.1) is 0 Å². The summed E-state index contributed by atoms with van der Waals surface area (Å²) in [5, 5.41) is 24.8. The Kier molecular flexibility index (Phi) is 11.0. The normalized spacial score (nSPS) is 22.7. The quantitative estimate of drug-likeness (QED) is 0.241. The minimum absolute atomic E-state index is 0.0214. The largest absolute Gasteiger partial charge is 0.467 e. The summed E-state index contributed by atoms with van der Waals surface area (Å²) in [5.41, 5.74) is 4.08. The van der Waals surface area contributed by atoms with E-state index in [1.807, 2.05) is 66.7 Å². The van der Waals surface area contributed by atoms with Crippen LogP contribution in [0.3, 0.4) is 0 Å². The van der Waals surface area contributed by atoms with Gasteiger partial charge in [-0.1, -0.05) is 66.7 Å². The summed E-state index contributed by atoms with van der Waals surface area (Å²) >= 11 is 0. The van der Waals surface area contributed by atoms with Crippen molar-refractivity contribution in [1.29, 1.82) is 0 Å². The number of carbonyl (C=O) groups excluding carboxylic acids is 2. The molecule has 2 heterocycles. The number of urea groups is 1. The number of esters is 1. The summed E-state index contributed by atoms with van der Waals surface area (Å²) in [6.07, 6.45) is 2.02. The molecular weight excluding hydrogens is 562 g/mol. The molecule has 3 aromatic carbocycles. The van der Waals surface area contributed by atoms with Gasteiger partial charge in [-0.2, -0.15) is 0 Å². The average molecular weight is 604 g/mol. The first kappa shape index (κ1) is 31.6. The van der Waals surface area contributed by atoms with Gasteiger partial charge in [-0.05, 0) is 48.2 Å². The van der Waals surface area contributed by atoms with Crippen molar-refractivity contribution in [2.75, 3.05) is 32.1 Å². The van der Waals surface area contributed by atoms with Gasteiger partial charge in [-0.15, -0.1) is 0 Å². The lowest BCUT2D eigenvalue weighted by Gasteiger charge is -2.38. The Bertz CT molecular complexity index is 1350. The molecular formula is C34H41N3O7. The van der Waals surface area contributed by atoms with Crippen LogP contribution in [0.2, 0.25) is 0 Å². The first-order valence-corrected chi connectivity index (χ1v) is 15.1. The van der Waals surface area contributed by atoms with Crippen LogP contribution in [0.1, 0.15) is 53.9 Å². The van der Waals surface area contributed by atoms with Crippen molar-refractivity contribution in [2.45, 2.75) is 62.9 Å². The number of anilines is 1. The zero-order valence-corrected chi connectivity index (χ0v) is 24.9. The van der Waals surface area contributed by atoms with Crippen molar-refractivity contribution in [3.63, 3.8) is 0 Å². The highest BCUT2D eigenvalue weighted by molar-refractivity contribution is 5.92. The highest BCUT2D eigenvalue weighted by Crippen LogP contribution is 2.39. The number of nitrogens with one attached hydrogen (secondary N) is 2. The number of likely N-dealkylation sites (tertiary alicyclic amines) is 1. The van der Waals surface area contributed by atoms with E-state index in [9.17, 15) is 19.8 Å². The molecule has 0 aliphatic carbocycles. The number of aliphatic hydroxyl groups excluding tert-OH is 2. The third-order valence-corrected chi connectivity index (χ3v) is 8.28. The molecule has 5 rings (SSSR count). The lowest BCUT2D eigenvalue weighted by atomic mass is 9.99. The molecule has 0 aromatic heterocycles. The Balaban J connectivity index is 1.26. The van der Waals surface area contributed by atoms with Crippen molar-refractivity contribution in [1.82, 2.24) is 10.2 Å². The zero-order valence-electron chi connectivity index (χ0n) is 24.9. The fraction of sp³-hybridized carbons (Fsp3) is 0.412. The zero-order chi connectivity index (χ0) is 30.9. The van der Waals surface area contributed by atoms with Crippen molar-refractivity contribution in [3.05, 3.63) is 101 Å². The van der Waals surface area contributed by atoms with Crippen molar-refractivity contribution < 1.29 is 34.0 Å². The van der Waals surface area contributed by atoms with Gasteiger partial charge in [0.1, 0.15) is 6.04 Å². The van der Waals surface area contributed by atoms with Crippen LogP contribution in [-0.2, 0) is 32.0 Å². The molecule has 2 saturated heterocycles. The molecule has 3 aromatic rings. The molecule has 0 radical (unpaired) electrons. The highest BCUT2D eigenvalue weighted by Gasteiger charge is 2.35. The monoisotopic (exact) mass is 603 g/mol. The van der Waals surface area contributed by atoms with E-state index in [4.69, 9.17) is 14.2 Å². The summed E-state index contributed by atoms with van der Waals surface area (Å²) in [7, 11) is 1.30. The van der Waals surface area contributed by atoms with Crippen molar-refractivity contribution in [3.8, 4) is 0 Å². The number of aliphatic hydroxyl groups is 2. The van der Waals surface area contributed by atoms with Crippen molar-refractivity contribution >= 4 is 17.7 Å². The van der Waals surface area contributed by atoms with Gasteiger partial charge in [0, 0.05) is 36.7 Å². The topological polar surface area (TPSA) is 130 Å². The van der Waals surface area contributed by atoms with Crippen LogP contribution < -0.4 is 10.6 Å². The van der Waals surface area contributed by atoms with Gasteiger partial charge in [-0.3, -0.25) is 4.90 Å². The van der Waals surface area contributed by atoms with Crippen LogP contribution >= 0.6 is 0 Å². The fourth-order valence-corrected chi connectivity index (χ4v) is 5.87. The molecule has 44 heavy (non-hydrogen) atoms. The highest BCUT2D eigenvalue weighted by atomic mass is 16.7. The summed E-state index contributed by atoms with van der Waals surface area (Å²) in [6, 6.07) is 23.2. The number of benzene rings is 3. The molecule has 5 atom stereocenters. The van der Waals surface area contributed by atoms with Crippen LogP contribution in [0.15, 0.2) is 78.9 Å². The molecule has 0 saturated carbocycles. The molecule has 0 spiro atoms. The lowest BCUT2D eigenvalue weighted by Crippen LogP contribution is -2.45. The molecule has 10 heteroatoms. The fourth-order valence-electron chi connectivity index (χ4n) is 5.87. The molecule has 0 bridgehead atoms. The predicted molar refractivity (Wildman–Crippen MR) is 165 cm³/mol. The Morgan fingerprint density at radius 1 is 0.955 bits per heavy atom. The van der Waals surface area contributed by atoms with Crippen LogP contribution in [0.4, 0.5) is 10.5 Å². The molecule has 234 valence electrons. The van der Waals surface area contributed by atoms with Gasteiger partial charge < -0.3 is 35.1 Å². The van der Waals surface area contributed by atoms with E-state index in [2.05, 4.69) is 15.5 Å². The maximum absolute atomic E-state index is 12.8. The van der Waals surface area contributed by atoms with Gasteiger partial charge in [0.2, 0.25) is 0 Å². The Labute approximate surface area is 257 Å². The van der Waals surface area contributed by atoms with E-state index in [1.165, 1.54) is 7.11 Å². The number of carbonyl (C=O) groups is 2. The van der Waals surface area contributed by atoms with E-state index in [0.717, 1.165) is 41.6 Å². The molecule has 10 nitrogen and oxygen atoms in total. The van der Waals surface area contributed by atoms with Gasteiger partial charge in [0.05, 0.1) is 32.5 Å². The van der Waals surface area contributed by atoms with E-state index < -0.39 is 24.3 Å². The summed E-state index contributed by atoms with van der Waals surface area (Å²) in [5.74, 6) is -0.528. The van der Waals surface area contributed by atoms with Gasteiger partial charge in [0.25, 0.3) is 0 Å². The Morgan fingerprint density at radius 2 is 1.68 bits per heavy atom. The number of ether oxygens (including phenoxy) is 3. The van der Waals surface area contributed by atoms with Gasteiger partial charge in [-0.25, -0.2) is 9.59 Å². The minimum atomic E-state index is -0.841. The first-order chi connectivity index (χ1) is 21.4. The number of hydrogen-bond donors (Lipinski definition) is 4. The van der Waals surface area contributed by atoms with Crippen LogP contribution in [-0.4, -0.2) is 72.1 Å². The summed E-state index contributed by atoms with van der Waals surface area (Å²) < 4.78 is 17.8. The first-order valence-electron chi connectivity index (χ1n) is 15.1. The molecule has 0 unspecified atom stereocenters. The predicted octanol–water partition coefficient (Wildman–Crippen LogP) is 4.09. The third kappa shape index (κ3) is 8.22. The molecule has 2 fully saturated rings. The minimum Gasteiger partial charge on any atom is -0.467 e. The molecule has 2 aliphatic rings. The number of amides is 2. The number of methoxy groups -OCH3 is 1. The molecule has 2 aliphatic heterocycles. The lowest BCUT2D eigenvalue weighted by molar-refractivity contribution is -0.253. The second-order valence-corrected chi connectivity index (χ2v) is 11.3. The van der Waals surface area contributed by atoms with E-state index in [-0.39, 0.29) is 31.5 Å². The SMILES string of the molecule is COC(=O)[C@H](Cc1ccccc1)NC(=O)Nc1ccc([C@@H]2O[C@H](CN3CCC[C@H]3CO)C[C@H](c3ccc(CO)cc3)O2)cc1. The van der Waals surface area contributed by atoms with Gasteiger partial charge >= 0.3 is 12.0 Å². The smallest absolute Gasteiger partial charge is 0.328 e. The van der Waals surface area contributed by atoms with Crippen LogP contribution in [0.5, 0.6) is 0 Å². The standard InChI is InChI=1S/C34H41N3O7/c1-42-32(40)30(18-23-6-3-2-4-7-23)36-34(41)35-27-15-13-26(14-16-27)33-43-29(20-37-17-5-8-28(37)22-39)19-31(44-33)25-11-9-24(21-38)10-12-25/h2-4,6-7,9-16,28-31,33,38-39H,5,8,17-22H2,1H3,(H2,35,36,41)/t28-,29-,30-,31+,33+/m0/s1. The molecule has 4 N–H and O–H groups in total. The number of hydrogen-bond acceptors (Lipinski definition) is 8. The maximum Gasteiger partial charge on any atom is 0.328 e. The van der Waals surface area contributed by atoms with E-state index in [0.29, 0.717) is 25.1 Å². The summed E-state index contributed by atoms with van der Waals surface area (Å²) in [4.78, 5) is 27.4. The number of nitrogens with zero attached hydrogens (tertiary/aromatic N) is 1. The van der Waals surface area contributed by atoms with E-state index in [1.54, 1.807) is 12.1 Å². The maximum atomic E-state index is 12.8. The third-order valence-electron chi connectivity index (χ3n) is 8.28. The second-order valence-electron chi connectivity index (χ2n) is 11.3. The number of rotatable bonds is 11. The second kappa shape index (κ2) is 15.3. The Morgan fingerprint density at radius 3 is 2.36 bits per heavy atom. The van der Waals surface area contributed by atoms with Crippen molar-refractivity contribution in [2.24, 2.45) is 0 Å². The summed E-state index contributed by atoms with van der Waals surface area (Å²) in [6.45, 7) is 1.73. The molecule has 2 amide bonds. The van der Waals surface area contributed by atoms with Crippen LogP contribution in [0.25, 0.3) is 0 Å². The van der Waals surface area contributed by atoms with E-state index >= 15 is 0 Å². The Hall–Kier alpha value is -3.80. The average Bonchev–Trinajstić information content (AvgIpc) is 3.51. The van der Waals surface area contributed by atoms with Gasteiger partial charge in [0.15, 0.2) is 6.29 Å².